The molecule has 6 N–H and O–H groups in total. The molecule has 0 fully saturated rings. The van der Waals surface area contributed by atoms with Gasteiger partial charge < -0.3 is 22.1 Å². The summed E-state index contributed by atoms with van der Waals surface area (Å²) in [6, 6.07) is -0.615. The molecule has 21 heavy (non-hydrogen) atoms. The molecule has 0 radical (unpaired) electrons. The number of nitrogens with one attached hydrogen (secondary N) is 2. The number of nitrogens with two attached hydrogens (primary N) is 2. The second-order valence-corrected chi connectivity index (χ2v) is 4.86. The summed E-state index contributed by atoms with van der Waals surface area (Å²) in [6.07, 6.45) is 2.27. The lowest BCUT2D eigenvalue weighted by molar-refractivity contribution is -0.127. The van der Waals surface area contributed by atoms with Crippen LogP contribution < -0.4 is 22.1 Å². The number of carbonyl (C=O) groups excluding carboxylic acids is 3. The van der Waals surface area contributed by atoms with Crippen molar-refractivity contribution in [1.29, 1.82) is 0 Å². The Morgan fingerprint density at radius 2 is 1.76 bits per heavy atom. The zero-order chi connectivity index (χ0) is 16.7. The molecular formula is C12H26N4O3S2. The van der Waals surface area contributed by atoms with Gasteiger partial charge in [-0.1, -0.05) is 6.92 Å². The molecule has 0 aromatic carbocycles. The van der Waals surface area contributed by atoms with E-state index in [9.17, 15) is 14.4 Å². The number of amides is 3. The first-order valence-electron chi connectivity index (χ1n) is 6.70. The predicted molar refractivity (Wildman–Crippen MR) is 90.4 cm³/mol. The lowest BCUT2D eigenvalue weighted by atomic mass is 10.3. The van der Waals surface area contributed by atoms with Gasteiger partial charge in [-0.05, 0) is 18.6 Å². The summed E-state index contributed by atoms with van der Waals surface area (Å²) in [6.45, 7) is 2.18. The van der Waals surface area contributed by atoms with Crippen LogP contribution in [0.3, 0.4) is 0 Å². The average Bonchev–Trinajstić information content (AvgIpc) is 2.49. The van der Waals surface area contributed by atoms with Gasteiger partial charge in [0, 0.05) is 18.7 Å². The monoisotopic (exact) mass is 338 g/mol. The first-order chi connectivity index (χ1) is 9.92. The van der Waals surface area contributed by atoms with Gasteiger partial charge in [-0.2, -0.15) is 25.3 Å². The minimum atomic E-state index is -0.615. The van der Waals surface area contributed by atoms with Crippen molar-refractivity contribution in [3.63, 3.8) is 0 Å². The van der Waals surface area contributed by atoms with Crippen LogP contribution in [0.15, 0.2) is 0 Å². The third kappa shape index (κ3) is 15.3. The third-order valence-electron chi connectivity index (χ3n) is 2.25. The normalized spacial score (nSPS) is 10.9. The second kappa shape index (κ2) is 15.5. The van der Waals surface area contributed by atoms with Crippen molar-refractivity contribution >= 4 is 43.0 Å². The molecule has 0 aliphatic rings. The fourth-order valence-electron chi connectivity index (χ4n) is 1.02. The van der Waals surface area contributed by atoms with E-state index in [2.05, 4.69) is 41.6 Å². The molecule has 7 nitrogen and oxygen atoms in total. The molecule has 0 aromatic rings. The zero-order valence-electron chi connectivity index (χ0n) is 12.3. The largest absolute Gasteiger partial charge is 0.370 e. The van der Waals surface area contributed by atoms with Crippen LogP contribution in [0.1, 0.15) is 26.2 Å². The quantitative estimate of drug-likeness (QED) is 0.240. The minimum absolute atomic E-state index is 0.128. The van der Waals surface area contributed by atoms with Crippen molar-refractivity contribution in [2.45, 2.75) is 32.2 Å². The molecule has 0 heterocycles. The van der Waals surface area contributed by atoms with Crippen molar-refractivity contribution in [3.8, 4) is 0 Å². The molecule has 0 aromatic heterocycles. The van der Waals surface area contributed by atoms with Crippen LogP contribution in [-0.4, -0.2) is 48.4 Å². The topological polar surface area (TPSA) is 127 Å². The van der Waals surface area contributed by atoms with E-state index in [-0.39, 0.29) is 30.0 Å². The second-order valence-electron chi connectivity index (χ2n) is 4.05. The summed E-state index contributed by atoms with van der Waals surface area (Å²) in [5, 5.41) is 5.21. The standard InChI is InChI=1S/C9H19N3O2S2.C3H7NO/c10-5-8(13)12-7(6-16)9(14)11-3-1-2-4-15;1-2-3(4)5/h7,15-16H,1-6,10H2,(H,11,14)(H,12,13);2H2,1H3,(H2,4,5). The Kier molecular flexibility index (Phi) is 16.5. The van der Waals surface area contributed by atoms with Gasteiger partial charge in [0.15, 0.2) is 0 Å². The highest BCUT2D eigenvalue weighted by Crippen LogP contribution is 1.92. The Bertz CT molecular complexity index is 317. The maximum atomic E-state index is 11.6. The number of primary amides is 1. The number of hydrogen-bond acceptors (Lipinski definition) is 6. The highest BCUT2D eigenvalue weighted by Gasteiger charge is 2.17. The van der Waals surface area contributed by atoms with E-state index in [0.717, 1.165) is 18.6 Å². The third-order valence-corrected chi connectivity index (χ3v) is 2.93. The molecule has 0 aliphatic heterocycles. The summed E-state index contributed by atoms with van der Waals surface area (Å²) < 4.78 is 0. The van der Waals surface area contributed by atoms with Gasteiger partial charge in [-0.15, -0.1) is 0 Å². The molecule has 9 heteroatoms. The lowest BCUT2D eigenvalue weighted by Crippen LogP contribution is -2.49. The van der Waals surface area contributed by atoms with E-state index in [0.29, 0.717) is 13.0 Å². The highest BCUT2D eigenvalue weighted by molar-refractivity contribution is 7.80. The van der Waals surface area contributed by atoms with Gasteiger partial charge in [0.25, 0.3) is 0 Å². The predicted octanol–water partition coefficient (Wildman–Crippen LogP) is -0.932. The van der Waals surface area contributed by atoms with Crippen LogP contribution in [0.25, 0.3) is 0 Å². The summed E-state index contributed by atoms with van der Waals surface area (Å²) in [4.78, 5) is 32.1. The van der Waals surface area contributed by atoms with E-state index in [1.54, 1.807) is 6.92 Å². The Labute approximate surface area is 136 Å². The molecule has 1 unspecified atom stereocenters. The van der Waals surface area contributed by atoms with Gasteiger partial charge in [0.05, 0.1) is 6.54 Å². The number of unbranched alkanes of at least 4 members (excludes halogenated alkanes) is 1. The maximum Gasteiger partial charge on any atom is 0.243 e. The van der Waals surface area contributed by atoms with E-state index < -0.39 is 6.04 Å². The van der Waals surface area contributed by atoms with Crippen molar-refractivity contribution in [2.75, 3.05) is 24.6 Å². The molecule has 3 amide bonds. The first-order valence-corrected chi connectivity index (χ1v) is 7.96. The van der Waals surface area contributed by atoms with Crippen LogP contribution in [0, 0.1) is 0 Å². The fourth-order valence-corrected chi connectivity index (χ4v) is 1.50. The van der Waals surface area contributed by atoms with Crippen molar-refractivity contribution in [1.82, 2.24) is 10.6 Å². The van der Waals surface area contributed by atoms with E-state index in [4.69, 9.17) is 5.73 Å². The maximum absolute atomic E-state index is 11.6. The lowest BCUT2D eigenvalue weighted by Gasteiger charge is -2.15. The van der Waals surface area contributed by atoms with Gasteiger partial charge in [0.2, 0.25) is 17.7 Å². The summed E-state index contributed by atoms with van der Waals surface area (Å²) >= 11 is 8.07. The Balaban J connectivity index is 0. The van der Waals surface area contributed by atoms with Gasteiger partial charge in [-0.3, -0.25) is 14.4 Å². The zero-order valence-corrected chi connectivity index (χ0v) is 14.1. The number of rotatable bonds is 9. The molecule has 0 aliphatic carbocycles. The van der Waals surface area contributed by atoms with Crippen molar-refractivity contribution < 1.29 is 14.4 Å². The molecule has 0 bridgehead atoms. The Morgan fingerprint density at radius 3 is 2.14 bits per heavy atom. The van der Waals surface area contributed by atoms with Crippen LogP contribution in [0.4, 0.5) is 0 Å². The Hall–Kier alpha value is -0.930. The van der Waals surface area contributed by atoms with E-state index in [1.807, 2.05) is 0 Å². The molecule has 0 saturated heterocycles. The molecule has 0 saturated carbocycles. The Morgan fingerprint density at radius 1 is 1.19 bits per heavy atom. The summed E-state index contributed by atoms with van der Waals surface area (Å²) in [5.41, 5.74) is 9.79. The number of carbonyl (C=O) groups is 3. The number of hydrogen-bond donors (Lipinski definition) is 6. The van der Waals surface area contributed by atoms with Crippen LogP contribution in [0.5, 0.6) is 0 Å². The van der Waals surface area contributed by atoms with Gasteiger partial charge >= 0.3 is 0 Å². The molecular weight excluding hydrogens is 312 g/mol. The summed E-state index contributed by atoms with van der Waals surface area (Å²) in [7, 11) is 0. The van der Waals surface area contributed by atoms with E-state index in [1.165, 1.54) is 0 Å². The molecule has 0 rings (SSSR count). The molecule has 0 spiro atoms. The van der Waals surface area contributed by atoms with Gasteiger partial charge in [0.1, 0.15) is 6.04 Å². The van der Waals surface area contributed by atoms with Crippen LogP contribution >= 0.6 is 25.3 Å². The molecule has 124 valence electrons. The fraction of sp³-hybridized carbons (Fsp3) is 0.750. The van der Waals surface area contributed by atoms with Gasteiger partial charge in [-0.25, -0.2) is 0 Å². The van der Waals surface area contributed by atoms with Crippen LogP contribution in [0.2, 0.25) is 0 Å². The SMILES string of the molecule is CCC(N)=O.NCC(=O)NC(CS)C(=O)NCCCCS. The first kappa shape index (κ1) is 22.4. The average molecular weight is 338 g/mol. The van der Waals surface area contributed by atoms with Crippen molar-refractivity contribution in [2.24, 2.45) is 11.5 Å². The number of thiol groups is 2. The van der Waals surface area contributed by atoms with E-state index >= 15 is 0 Å². The minimum Gasteiger partial charge on any atom is -0.370 e. The smallest absolute Gasteiger partial charge is 0.243 e. The molecule has 1 atom stereocenters. The van der Waals surface area contributed by atoms with Crippen molar-refractivity contribution in [3.05, 3.63) is 0 Å². The highest BCUT2D eigenvalue weighted by atomic mass is 32.1. The van der Waals surface area contributed by atoms with Crippen LogP contribution in [-0.2, 0) is 14.4 Å². The summed E-state index contributed by atoms with van der Waals surface area (Å²) in [5.74, 6) is 0.227.